The molecule has 0 bridgehead atoms. The second kappa shape index (κ2) is 7.45. The van der Waals surface area contributed by atoms with Crippen LogP contribution in [0.3, 0.4) is 0 Å². The number of carbonyl (C=O) groups excluding carboxylic acids is 2. The first kappa shape index (κ1) is 21.2. The summed E-state index contributed by atoms with van der Waals surface area (Å²) < 4.78 is 1.55. The molecule has 2 aromatic heterocycles. The van der Waals surface area contributed by atoms with Crippen molar-refractivity contribution in [3.8, 4) is 0 Å². The van der Waals surface area contributed by atoms with Gasteiger partial charge in [-0.25, -0.2) is 4.98 Å². The average molecular weight is 469 g/mol. The van der Waals surface area contributed by atoms with E-state index in [1.54, 1.807) is 54.7 Å². The molecule has 1 aliphatic heterocycles. The van der Waals surface area contributed by atoms with Crippen molar-refractivity contribution in [3.63, 3.8) is 0 Å². The molecule has 0 radical (unpaired) electrons. The third-order valence-corrected chi connectivity index (χ3v) is 8.58. The lowest BCUT2D eigenvalue weighted by atomic mass is 9.96. The minimum absolute atomic E-state index is 0.0559. The Bertz CT molecular complexity index is 1340. The topological polar surface area (TPSA) is 84.3 Å². The van der Waals surface area contributed by atoms with Crippen LogP contribution in [0.4, 0.5) is 11.4 Å². The van der Waals surface area contributed by atoms with Gasteiger partial charge in [0.25, 0.3) is 5.56 Å². The fourth-order valence-corrected chi connectivity index (χ4v) is 6.66. The van der Waals surface area contributed by atoms with Crippen molar-refractivity contribution >= 4 is 56.5 Å². The van der Waals surface area contributed by atoms with Gasteiger partial charge in [0, 0.05) is 11.9 Å². The number of fused-ring (bicyclic) bond motifs is 4. The molecule has 1 aliphatic carbocycles. The van der Waals surface area contributed by atoms with E-state index in [0.717, 1.165) is 35.0 Å². The van der Waals surface area contributed by atoms with Crippen LogP contribution in [0.1, 0.15) is 37.6 Å². The number of rotatable bonds is 3. The quantitative estimate of drug-likeness (QED) is 0.468. The Kier molecular flexibility index (Phi) is 4.94. The van der Waals surface area contributed by atoms with Crippen LogP contribution < -0.4 is 15.8 Å². The van der Waals surface area contributed by atoms with Gasteiger partial charge in [0.1, 0.15) is 10.4 Å². The summed E-state index contributed by atoms with van der Waals surface area (Å²) in [6.07, 6.45) is 3.02. The van der Waals surface area contributed by atoms with Crippen molar-refractivity contribution in [1.29, 1.82) is 0 Å². The number of aryl methyl sites for hydroxylation is 2. The maximum Gasteiger partial charge on any atom is 0.262 e. The molecule has 0 saturated carbocycles. The van der Waals surface area contributed by atoms with Crippen LogP contribution in [0.15, 0.2) is 34.2 Å². The van der Waals surface area contributed by atoms with Gasteiger partial charge in [0.2, 0.25) is 11.8 Å². The van der Waals surface area contributed by atoms with Crippen molar-refractivity contribution in [2.24, 2.45) is 7.05 Å². The summed E-state index contributed by atoms with van der Waals surface area (Å²) in [4.78, 5) is 47.8. The van der Waals surface area contributed by atoms with Gasteiger partial charge in [-0.15, -0.1) is 11.3 Å². The van der Waals surface area contributed by atoms with Gasteiger partial charge >= 0.3 is 0 Å². The number of para-hydroxylation sites is 2. The number of anilines is 2. The van der Waals surface area contributed by atoms with E-state index in [4.69, 9.17) is 4.98 Å². The molecular weight excluding hydrogens is 444 g/mol. The first-order chi connectivity index (χ1) is 15.2. The lowest BCUT2D eigenvalue weighted by molar-refractivity contribution is -0.126. The van der Waals surface area contributed by atoms with E-state index >= 15 is 0 Å². The number of thioether (sulfide) groups is 1. The van der Waals surface area contributed by atoms with Gasteiger partial charge in [-0.2, -0.15) is 0 Å². The number of thiophene rings is 1. The third-order valence-electron chi connectivity index (χ3n) is 6.26. The van der Waals surface area contributed by atoms with Crippen LogP contribution in [-0.4, -0.2) is 32.2 Å². The van der Waals surface area contributed by atoms with E-state index < -0.39 is 10.8 Å². The molecule has 166 valence electrons. The van der Waals surface area contributed by atoms with Crippen molar-refractivity contribution in [2.75, 3.05) is 10.2 Å². The minimum Gasteiger partial charge on any atom is -0.322 e. The molecule has 0 saturated heterocycles. The van der Waals surface area contributed by atoms with Crippen molar-refractivity contribution in [2.45, 2.75) is 56.0 Å². The Morgan fingerprint density at radius 2 is 2.00 bits per heavy atom. The van der Waals surface area contributed by atoms with E-state index in [1.165, 1.54) is 16.6 Å². The lowest BCUT2D eigenvalue weighted by Crippen LogP contribution is -2.60. The first-order valence-corrected chi connectivity index (χ1v) is 12.3. The Hall–Kier alpha value is -2.65. The van der Waals surface area contributed by atoms with Crippen LogP contribution in [0.2, 0.25) is 0 Å². The summed E-state index contributed by atoms with van der Waals surface area (Å²) >= 11 is 2.85. The molecule has 0 fully saturated rings. The fraction of sp³-hybridized carbons (Fsp3) is 0.391. The summed E-state index contributed by atoms with van der Waals surface area (Å²) in [5.41, 5.74) is 1.33. The second-order valence-corrected chi connectivity index (χ2v) is 11.2. The zero-order valence-electron chi connectivity index (χ0n) is 18.4. The van der Waals surface area contributed by atoms with E-state index in [-0.39, 0.29) is 17.4 Å². The van der Waals surface area contributed by atoms with E-state index in [2.05, 4.69) is 5.32 Å². The van der Waals surface area contributed by atoms with E-state index in [0.29, 0.717) is 16.5 Å². The molecular formula is C23H24N4O3S2. The summed E-state index contributed by atoms with van der Waals surface area (Å²) in [6, 6.07) is 7.29. The summed E-state index contributed by atoms with van der Waals surface area (Å²) in [5, 5.41) is 3.58. The molecule has 1 N–H and O–H groups in total. The van der Waals surface area contributed by atoms with Crippen LogP contribution in [0.5, 0.6) is 0 Å². The molecule has 7 nitrogen and oxygen atoms in total. The Morgan fingerprint density at radius 3 is 2.78 bits per heavy atom. The molecule has 5 rings (SSSR count). The smallest absolute Gasteiger partial charge is 0.262 e. The van der Waals surface area contributed by atoms with E-state index in [9.17, 15) is 14.4 Å². The Labute approximate surface area is 193 Å². The van der Waals surface area contributed by atoms with Crippen LogP contribution in [0, 0.1) is 0 Å². The van der Waals surface area contributed by atoms with Crippen LogP contribution in [0.25, 0.3) is 10.2 Å². The lowest BCUT2D eigenvalue weighted by Gasteiger charge is -2.43. The molecule has 3 heterocycles. The largest absolute Gasteiger partial charge is 0.322 e. The predicted octanol–water partition coefficient (Wildman–Crippen LogP) is 3.73. The standard InChI is InChI=1S/C23H24N4O3S2/c1-12(19(28)27-15-10-6-5-9-14(15)24-21(30)23(27,2)3)31-22-25-18-17(20(29)26(22)4)13-8-7-11-16(13)32-18/h5-6,9-10,12H,7-8,11H2,1-4H3,(H,24,30). The zero-order valence-corrected chi connectivity index (χ0v) is 20.0. The maximum atomic E-state index is 13.6. The number of aromatic nitrogens is 2. The highest BCUT2D eigenvalue weighted by molar-refractivity contribution is 8.00. The molecule has 2 amide bonds. The molecule has 9 heteroatoms. The monoisotopic (exact) mass is 468 g/mol. The van der Waals surface area contributed by atoms with Crippen LogP contribution in [-0.2, 0) is 29.5 Å². The second-order valence-electron chi connectivity index (χ2n) is 8.76. The van der Waals surface area contributed by atoms with Gasteiger partial charge in [-0.3, -0.25) is 23.9 Å². The number of amides is 2. The number of benzene rings is 1. The number of nitrogens with one attached hydrogen (secondary N) is 1. The average Bonchev–Trinajstić information content (AvgIpc) is 3.33. The summed E-state index contributed by atoms with van der Waals surface area (Å²) in [5.74, 6) is -0.438. The maximum absolute atomic E-state index is 13.6. The van der Waals surface area contributed by atoms with Crippen LogP contribution >= 0.6 is 23.1 Å². The van der Waals surface area contributed by atoms with Gasteiger partial charge in [-0.1, -0.05) is 23.9 Å². The summed E-state index contributed by atoms with van der Waals surface area (Å²) in [7, 11) is 1.71. The van der Waals surface area contributed by atoms with Crippen molar-refractivity contribution in [1.82, 2.24) is 9.55 Å². The molecule has 1 unspecified atom stereocenters. The molecule has 1 aromatic carbocycles. The minimum atomic E-state index is -1.04. The van der Waals surface area contributed by atoms with Crippen molar-refractivity contribution < 1.29 is 9.59 Å². The molecule has 32 heavy (non-hydrogen) atoms. The molecule has 2 aliphatic rings. The summed E-state index contributed by atoms with van der Waals surface area (Å²) in [6.45, 7) is 5.27. The highest BCUT2D eigenvalue weighted by Crippen LogP contribution is 2.39. The number of hydrogen-bond acceptors (Lipinski definition) is 6. The fourth-order valence-electron chi connectivity index (χ4n) is 4.45. The number of hydrogen-bond donors (Lipinski definition) is 1. The highest BCUT2D eigenvalue weighted by Gasteiger charge is 2.45. The SMILES string of the molecule is CC(Sc1nc2sc3c(c2c(=O)n1C)CCC3)C(=O)N1c2ccccc2NC(=O)C1(C)C. The normalized spacial score (nSPS) is 17.8. The molecule has 3 aromatic rings. The van der Waals surface area contributed by atoms with Gasteiger partial charge < -0.3 is 5.32 Å². The van der Waals surface area contributed by atoms with Gasteiger partial charge in [0.15, 0.2) is 5.16 Å². The number of nitrogens with zero attached hydrogens (tertiary/aromatic N) is 3. The molecule has 1 atom stereocenters. The Balaban J connectivity index is 1.50. The molecule has 0 spiro atoms. The van der Waals surface area contributed by atoms with Gasteiger partial charge in [0.05, 0.1) is 22.0 Å². The van der Waals surface area contributed by atoms with E-state index in [1.807, 2.05) is 18.2 Å². The predicted molar refractivity (Wildman–Crippen MR) is 129 cm³/mol. The van der Waals surface area contributed by atoms with Crippen molar-refractivity contribution in [3.05, 3.63) is 45.1 Å². The first-order valence-electron chi connectivity index (χ1n) is 10.6. The van der Waals surface area contributed by atoms with Gasteiger partial charge in [-0.05, 0) is 57.7 Å². The highest BCUT2D eigenvalue weighted by atomic mass is 32.2. The zero-order chi connectivity index (χ0) is 22.8. The Morgan fingerprint density at radius 1 is 1.25 bits per heavy atom. The number of carbonyl (C=O) groups is 2. The third kappa shape index (κ3) is 3.09.